The monoisotopic (exact) mass is 786 g/mol. The Morgan fingerprint density at radius 1 is 0.754 bits per heavy atom. The van der Waals surface area contributed by atoms with Crippen LogP contribution in [0, 0.1) is 18.3 Å². The molecular weight excluding hydrogens is 711 g/mol. The molecule has 8 nitrogen and oxygen atoms in total. The number of carbonyl (C=O) groups is 2. The van der Waals surface area contributed by atoms with E-state index in [-0.39, 0.29) is 35.7 Å². The third-order valence-corrected chi connectivity index (χ3v) is 10.3. The predicted octanol–water partition coefficient (Wildman–Crippen LogP) is 10.7. The fourth-order valence-corrected chi connectivity index (χ4v) is 7.28. The van der Waals surface area contributed by atoms with Gasteiger partial charge in [0.1, 0.15) is 18.1 Å². The van der Waals surface area contributed by atoms with E-state index in [4.69, 9.17) is 19.9 Å². The minimum atomic E-state index is -0.208. The molecule has 316 valence electrons. The van der Waals surface area contributed by atoms with Gasteiger partial charge in [-0.1, -0.05) is 153 Å². The first-order valence-corrected chi connectivity index (χ1v) is 21.8. The minimum Gasteiger partial charge on any atom is -0.493 e. The molecule has 0 aliphatic heterocycles. The molecule has 0 fully saturated rings. The molecular formula is C49H75N3O5. The summed E-state index contributed by atoms with van der Waals surface area (Å²) in [5, 5.41) is 2.94. The number of hydrogen-bond acceptors (Lipinski definition) is 6. The maximum absolute atomic E-state index is 13.7. The SMILES string of the molecule is CCCCCCCCCCCCCOc1cc(CN(CC(=O)NCCOCCOc2ccc(C(N)c3ccccc3)cc2)C(=O)CC(C)CC(C)(C)C)ccc1C. The van der Waals surface area contributed by atoms with Crippen LogP contribution in [-0.4, -0.2) is 56.2 Å². The molecule has 0 saturated carbocycles. The number of amides is 2. The lowest BCUT2D eigenvalue weighted by Gasteiger charge is -2.27. The molecule has 0 bridgehead atoms. The van der Waals surface area contributed by atoms with Crippen LogP contribution < -0.4 is 20.5 Å². The van der Waals surface area contributed by atoms with Gasteiger partial charge < -0.3 is 30.2 Å². The molecule has 2 amide bonds. The van der Waals surface area contributed by atoms with Crippen LogP contribution in [0.1, 0.15) is 146 Å². The Bertz CT molecular complexity index is 1540. The lowest BCUT2D eigenvalue weighted by atomic mass is 9.84. The summed E-state index contributed by atoms with van der Waals surface area (Å²) in [4.78, 5) is 28.5. The Labute approximate surface area is 345 Å². The summed E-state index contributed by atoms with van der Waals surface area (Å²) in [6, 6.07) is 23.7. The van der Waals surface area contributed by atoms with Crippen LogP contribution >= 0.6 is 0 Å². The normalized spacial score (nSPS) is 12.5. The van der Waals surface area contributed by atoms with Crippen molar-refractivity contribution in [1.29, 1.82) is 0 Å². The van der Waals surface area contributed by atoms with Crippen molar-refractivity contribution in [3.63, 3.8) is 0 Å². The first kappa shape index (κ1) is 47.5. The van der Waals surface area contributed by atoms with Crippen molar-refractivity contribution in [2.24, 2.45) is 17.1 Å². The minimum absolute atomic E-state index is 0.0170. The van der Waals surface area contributed by atoms with Crippen LogP contribution in [0.25, 0.3) is 0 Å². The molecule has 0 saturated heterocycles. The molecule has 2 unspecified atom stereocenters. The summed E-state index contributed by atoms with van der Waals surface area (Å²) < 4.78 is 17.8. The summed E-state index contributed by atoms with van der Waals surface area (Å²) in [5.74, 6) is 1.57. The van der Waals surface area contributed by atoms with Gasteiger partial charge in [0.15, 0.2) is 0 Å². The van der Waals surface area contributed by atoms with E-state index in [2.05, 4.69) is 46.9 Å². The third kappa shape index (κ3) is 20.4. The zero-order chi connectivity index (χ0) is 41.3. The molecule has 2 atom stereocenters. The maximum Gasteiger partial charge on any atom is 0.239 e. The predicted molar refractivity (Wildman–Crippen MR) is 235 cm³/mol. The van der Waals surface area contributed by atoms with E-state index in [0.717, 1.165) is 46.6 Å². The lowest BCUT2D eigenvalue weighted by molar-refractivity contribution is -0.137. The van der Waals surface area contributed by atoms with Gasteiger partial charge in [0, 0.05) is 19.5 Å². The highest BCUT2D eigenvalue weighted by atomic mass is 16.5. The van der Waals surface area contributed by atoms with Gasteiger partial charge in [-0.2, -0.15) is 0 Å². The Balaban J connectivity index is 1.42. The molecule has 8 heteroatoms. The van der Waals surface area contributed by atoms with Crippen molar-refractivity contribution in [2.75, 3.05) is 39.5 Å². The highest BCUT2D eigenvalue weighted by Crippen LogP contribution is 2.27. The number of nitrogens with two attached hydrogens (primary N) is 1. The molecule has 3 rings (SSSR count). The number of unbranched alkanes of at least 4 members (excludes halogenated alkanes) is 10. The number of rotatable bonds is 29. The van der Waals surface area contributed by atoms with Gasteiger partial charge in [-0.05, 0) is 71.6 Å². The van der Waals surface area contributed by atoms with Crippen molar-refractivity contribution in [3.8, 4) is 11.5 Å². The van der Waals surface area contributed by atoms with Crippen molar-refractivity contribution in [2.45, 2.75) is 138 Å². The largest absolute Gasteiger partial charge is 0.493 e. The molecule has 0 aromatic heterocycles. The van der Waals surface area contributed by atoms with Crippen LogP contribution in [0.5, 0.6) is 11.5 Å². The van der Waals surface area contributed by atoms with E-state index >= 15 is 0 Å². The first-order chi connectivity index (χ1) is 27.4. The second kappa shape index (κ2) is 26.9. The van der Waals surface area contributed by atoms with Gasteiger partial charge in [0.2, 0.25) is 11.8 Å². The number of ether oxygens (including phenoxy) is 3. The molecule has 0 heterocycles. The summed E-state index contributed by atoms with van der Waals surface area (Å²) in [5.41, 5.74) is 10.6. The molecule has 0 spiro atoms. The van der Waals surface area contributed by atoms with Crippen molar-refractivity contribution < 1.29 is 23.8 Å². The number of carbonyl (C=O) groups excluding carboxylic acids is 2. The molecule has 57 heavy (non-hydrogen) atoms. The fraction of sp³-hybridized carbons (Fsp3) is 0.592. The number of benzene rings is 3. The number of hydrogen-bond donors (Lipinski definition) is 2. The van der Waals surface area contributed by atoms with Crippen LogP contribution in [0.3, 0.4) is 0 Å². The Morgan fingerprint density at radius 2 is 1.39 bits per heavy atom. The zero-order valence-corrected chi connectivity index (χ0v) is 36.3. The molecule has 0 aliphatic rings. The summed E-state index contributed by atoms with van der Waals surface area (Å²) in [6.45, 7) is 15.5. The van der Waals surface area contributed by atoms with E-state index in [0.29, 0.717) is 45.9 Å². The fourth-order valence-electron chi connectivity index (χ4n) is 7.28. The molecule has 0 aliphatic carbocycles. The van der Waals surface area contributed by atoms with Crippen molar-refractivity contribution in [1.82, 2.24) is 10.2 Å². The molecule has 3 aromatic rings. The van der Waals surface area contributed by atoms with Gasteiger partial charge >= 0.3 is 0 Å². The first-order valence-electron chi connectivity index (χ1n) is 21.8. The van der Waals surface area contributed by atoms with Crippen LogP contribution in [0.2, 0.25) is 0 Å². The van der Waals surface area contributed by atoms with Gasteiger partial charge in [0.25, 0.3) is 0 Å². The molecule has 3 N–H and O–H groups in total. The Morgan fingerprint density at radius 3 is 2.04 bits per heavy atom. The lowest BCUT2D eigenvalue weighted by Crippen LogP contribution is -2.41. The Kier molecular flexibility index (Phi) is 22.4. The van der Waals surface area contributed by atoms with Gasteiger partial charge in [-0.25, -0.2) is 0 Å². The zero-order valence-electron chi connectivity index (χ0n) is 36.3. The van der Waals surface area contributed by atoms with E-state index in [9.17, 15) is 9.59 Å². The average molecular weight is 786 g/mol. The summed E-state index contributed by atoms with van der Waals surface area (Å²) in [6.07, 6.45) is 15.6. The number of nitrogens with one attached hydrogen (secondary N) is 1. The second-order valence-electron chi connectivity index (χ2n) is 17.1. The van der Waals surface area contributed by atoms with Crippen LogP contribution in [0.15, 0.2) is 72.8 Å². The van der Waals surface area contributed by atoms with E-state index < -0.39 is 0 Å². The highest BCUT2D eigenvalue weighted by Gasteiger charge is 2.23. The smallest absolute Gasteiger partial charge is 0.239 e. The van der Waals surface area contributed by atoms with E-state index in [1.54, 1.807) is 4.90 Å². The Hall–Kier alpha value is -3.88. The molecule has 0 radical (unpaired) electrons. The van der Waals surface area contributed by atoms with Crippen LogP contribution in [0.4, 0.5) is 0 Å². The van der Waals surface area contributed by atoms with Gasteiger partial charge in [0.05, 0.1) is 32.4 Å². The highest BCUT2D eigenvalue weighted by molar-refractivity contribution is 5.84. The average Bonchev–Trinajstić information content (AvgIpc) is 3.18. The summed E-state index contributed by atoms with van der Waals surface area (Å²) >= 11 is 0. The molecule has 3 aromatic carbocycles. The quantitative estimate of drug-likeness (QED) is 0.0680. The van der Waals surface area contributed by atoms with E-state index in [1.807, 2.05) is 72.8 Å². The number of aryl methyl sites for hydroxylation is 1. The third-order valence-electron chi connectivity index (χ3n) is 10.3. The van der Waals surface area contributed by atoms with Gasteiger partial charge in [-0.15, -0.1) is 0 Å². The van der Waals surface area contributed by atoms with E-state index in [1.165, 1.54) is 64.2 Å². The van der Waals surface area contributed by atoms with Crippen molar-refractivity contribution >= 4 is 11.8 Å². The number of nitrogens with zero attached hydrogens (tertiary/aromatic N) is 1. The van der Waals surface area contributed by atoms with Crippen LogP contribution in [-0.2, 0) is 20.9 Å². The standard InChI is InChI=1S/C49H75N3O5/c1-7-8-9-10-11-12-13-14-15-16-20-30-57-45-35-41(24-23-40(45)3)37-52(47(54)34-39(2)36-49(4,5)6)38-46(53)51-29-31-55-32-33-56-44-27-25-43(26-28-44)48(50)42-21-18-17-19-22-42/h17-19,21-28,35,39,48H,7-16,20,29-34,36-38,50H2,1-6H3,(H,51,53). The summed E-state index contributed by atoms with van der Waals surface area (Å²) in [7, 11) is 0. The van der Waals surface area contributed by atoms with Gasteiger partial charge in [-0.3, -0.25) is 9.59 Å². The maximum atomic E-state index is 13.7. The van der Waals surface area contributed by atoms with Crippen molar-refractivity contribution in [3.05, 3.63) is 95.1 Å². The topological polar surface area (TPSA) is 103 Å². The second-order valence-corrected chi connectivity index (χ2v) is 17.1.